The molecule has 1 aliphatic rings. The Balaban J connectivity index is 1.94. The lowest BCUT2D eigenvalue weighted by atomic mass is 10.0. The van der Waals surface area contributed by atoms with E-state index >= 15 is 0 Å². The van der Waals surface area contributed by atoms with Crippen LogP contribution >= 0.6 is 11.6 Å². The Kier molecular flexibility index (Phi) is 9.52. The van der Waals surface area contributed by atoms with Gasteiger partial charge < -0.3 is 25.2 Å². The van der Waals surface area contributed by atoms with Gasteiger partial charge in [-0.05, 0) is 31.4 Å². The molecule has 0 aromatic heterocycles. The molecule has 1 heterocycles. The number of amides is 3. The number of urea groups is 1. The molecule has 0 aliphatic carbocycles. The molecule has 2 N–H and O–H groups in total. The van der Waals surface area contributed by atoms with E-state index in [1.165, 1.54) is 24.0 Å². The molecule has 0 saturated carbocycles. The van der Waals surface area contributed by atoms with Crippen LogP contribution in [0.15, 0.2) is 18.2 Å². The van der Waals surface area contributed by atoms with Gasteiger partial charge in [-0.2, -0.15) is 0 Å². The number of ketones is 1. The summed E-state index contributed by atoms with van der Waals surface area (Å²) in [4.78, 5) is 39.9. The average molecular weight is 441 g/mol. The molecular weight excluding hydrogens is 411 g/mol. The third-order valence-electron chi connectivity index (χ3n) is 5.32. The summed E-state index contributed by atoms with van der Waals surface area (Å²) in [6.45, 7) is 4.52. The van der Waals surface area contributed by atoms with Crippen LogP contribution in [-0.2, 0) is 16.1 Å². The Morgan fingerprint density at radius 2 is 1.90 bits per heavy atom. The molecule has 1 aliphatic heterocycles. The van der Waals surface area contributed by atoms with Crippen molar-refractivity contribution in [3.8, 4) is 0 Å². The van der Waals surface area contributed by atoms with Gasteiger partial charge >= 0.3 is 6.03 Å². The molecule has 1 unspecified atom stereocenters. The van der Waals surface area contributed by atoms with Crippen molar-refractivity contribution in [2.45, 2.75) is 45.2 Å². The van der Waals surface area contributed by atoms with Crippen molar-refractivity contribution in [1.29, 1.82) is 0 Å². The highest BCUT2D eigenvalue weighted by Crippen LogP contribution is 2.20. The summed E-state index contributed by atoms with van der Waals surface area (Å²) >= 11 is 5.94. The molecule has 1 aromatic rings. The maximum Gasteiger partial charge on any atom is 0.317 e. The summed E-state index contributed by atoms with van der Waals surface area (Å²) in [5, 5.41) is 5.92. The van der Waals surface area contributed by atoms with Crippen molar-refractivity contribution in [2.75, 3.05) is 33.2 Å². The molecule has 0 spiro atoms. The smallest absolute Gasteiger partial charge is 0.317 e. The van der Waals surface area contributed by atoms with Gasteiger partial charge in [0.15, 0.2) is 0 Å². The summed E-state index contributed by atoms with van der Waals surface area (Å²) in [5.74, 6) is -0.444. The largest absolute Gasteiger partial charge is 0.340 e. The number of rotatable bonds is 9. The zero-order valence-corrected chi connectivity index (χ0v) is 18.3. The Hall–Kier alpha value is -2.19. The van der Waals surface area contributed by atoms with E-state index in [0.717, 1.165) is 13.1 Å². The lowest BCUT2D eigenvalue weighted by molar-refractivity contribution is -0.132. The molecule has 166 valence electrons. The van der Waals surface area contributed by atoms with Crippen molar-refractivity contribution >= 4 is 29.3 Å². The summed E-state index contributed by atoms with van der Waals surface area (Å²) in [7, 11) is 1.64. The van der Waals surface area contributed by atoms with Crippen LogP contribution in [0.5, 0.6) is 0 Å². The first kappa shape index (κ1) is 24.1. The number of halogens is 2. The molecule has 9 heteroatoms. The zero-order chi connectivity index (χ0) is 22.1. The summed E-state index contributed by atoms with van der Waals surface area (Å²) in [6.07, 6.45) is 1.60. The van der Waals surface area contributed by atoms with Gasteiger partial charge in [0.1, 0.15) is 11.6 Å². The normalized spacial score (nSPS) is 14.9. The molecule has 3 amide bonds. The summed E-state index contributed by atoms with van der Waals surface area (Å²) in [5.41, 5.74) is 0.479. The topological polar surface area (TPSA) is 81.8 Å². The number of benzene rings is 1. The van der Waals surface area contributed by atoms with E-state index in [1.807, 2.05) is 4.90 Å². The van der Waals surface area contributed by atoms with Gasteiger partial charge in [-0.15, -0.1) is 0 Å². The van der Waals surface area contributed by atoms with Crippen molar-refractivity contribution in [3.63, 3.8) is 0 Å². The fourth-order valence-electron chi connectivity index (χ4n) is 3.41. The van der Waals surface area contributed by atoms with Crippen LogP contribution in [0.25, 0.3) is 0 Å². The van der Waals surface area contributed by atoms with Crippen molar-refractivity contribution in [3.05, 3.63) is 34.6 Å². The van der Waals surface area contributed by atoms with Crippen LogP contribution in [-0.4, -0.2) is 66.8 Å². The number of nitrogens with one attached hydrogen (secondary N) is 2. The summed E-state index contributed by atoms with van der Waals surface area (Å²) in [6, 6.07) is 3.81. The first-order valence-corrected chi connectivity index (χ1v) is 10.6. The second-order valence-corrected chi connectivity index (χ2v) is 7.92. The number of Topliss-reactive ketones (excluding diaryl/α,β-unsaturated/α-hetero) is 1. The van der Waals surface area contributed by atoms with Gasteiger partial charge in [-0.3, -0.25) is 4.79 Å². The predicted molar refractivity (Wildman–Crippen MR) is 114 cm³/mol. The van der Waals surface area contributed by atoms with Gasteiger partial charge in [0.05, 0.1) is 5.02 Å². The first-order valence-electron chi connectivity index (χ1n) is 10.2. The lowest BCUT2D eigenvalue weighted by Gasteiger charge is -2.31. The lowest BCUT2D eigenvalue weighted by Crippen LogP contribution is -2.47. The molecule has 30 heavy (non-hydrogen) atoms. The number of nitrogens with zero attached hydrogens (tertiary/aromatic N) is 2. The highest BCUT2D eigenvalue weighted by molar-refractivity contribution is 6.31. The number of piperazine rings is 1. The van der Waals surface area contributed by atoms with E-state index in [-0.39, 0.29) is 35.3 Å². The minimum absolute atomic E-state index is 0.0183. The molecule has 1 aromatic carbocycles. The minimum Gasteiger partial charge on any atom is -0.340 e. The van der Waals surface area contributed by atoms with Crippen LogP contribution in [0.4, 0.5) is 9.18 Å². The number of hydrogen-bond acceptors (Lipinski definition) is 4. The van der Waals surface area contributed by atoms with Gasteiger partial charge in [-0.25, -0.2) is 9.18 Å². The van der Waals surface area contributed by atoms with Gasteiger partial charge in [0.25, 0.3) is 0 Å². The second kappa shape index (κ2) is 11.9. The van der Waals surface area contributed by atoms with Gasteiger partial charge in [-0.1, -0.05) is 23.7 Å². The highest BCUT2D eigenvalue weighted by atomic mass is 35.5. The quantitative estimate of drug-likeness (QED) is 0.618. The number of hydrogen-bond donors (Lipinski definition) is 2. The highest BCUT2D eigenvalue weighted by Gasteiger charge is 2.23. The van der Waals surface area contributed by atoms with E-state index in [9.17, 15) is 18.8 Å². The maximum atomic E-state index is 13.6. The van der Waals surface area contributed by atoms with Crippen LogP contribution in [0, 0.1) is 5.82 Å². The standard InChI is InChI=1S/C21H30ClFN4O3/c1-15(28)6-7-17(8-9-19(29)27-12-10-24-11-13-27)26(2)21(30)25-14-16-4-3-5-18(23)20(16)22/h3-5,17,24H,6-14H2,1-2H3,(H,25,30). The molecular formula is C21H30ClFN4O3. The third kappa shape index (κ3) is 7.25. The number of carbonyl (C=O) groups excluding carboxylic acids is 3. The third-order valence-corrected chi connectivity index (χ3v) is 5.74. The Bertz CT molecular complexity index is 756. The Labute approximate surface area is 181 Å². The number of carbonyl (C=O) groups is 3. The van der Waals surface area contributed by atoms with E-state index < -0.39 is 5.82 Å². The SMILES string of the molecule is CC(=O)CCC(CCC(=O)N1CCNCC1)N(C)C(=O)NCc1cccc(F)c1Cl. The van der Waals surface area contributed by atoms with E-state index in [4.69, 9.17) is 11.6 Å². The molecule has 1 atom stereocenters. The van der Waals surface area contributed by atoms with Crippen LogP contribution in [0.2, 0.25) is 5.02 Å². The monoisotopic (exact) mass is 440 g/mol. The second-order valence-electron chi connectivity index (χ2n) is 7.55. The van der Waals surface area contributed by atoms with E-state index in [1.54, 1.807) is 13.1 Å². The van der Waals surface area contributed by atoms with E-state index in [0.29, 0.717) is 44.3 Å². The fraction of sp³-hybridized carbons (Fsp3) is 0.571. The van der Waals surface area contributed by atoms with Crippen LogP contribution in [0.1, 0.15) is 38.2 Å². The molecule has 0 radical (unpaired) electrons. The Morgan fingerprint density at radius 1 is 1.23 bits per heavy atom. The molecule has 1 saturated heterocycles. The van der Waals surface area contributed by atoms with Crippen LogP contribution < -0.4 is 10.6 Å². The van der Waals surface area contributed by atoms with Gasteiger partial charge in [0.2, 0.25) is 5.91 Å². The minimum atomic E-state index is -0.539. The molecule has 2 rings (SSSR count). The maximum absolute atomic E-state index is 13.6. The van der Waals surface area contributed by atoms with Gasteiger partial charge in [0, 0.05) is 58.7 Å². The van der Waals surface area contributed by atoms with Crippen LogP contribution in [0.3, 0.4) is 0 Å². The first-order chi connectivity index (χ1) is 14.3. The molecule has 7 nitrogen and oxygen atoms in total. The van der Waals surface area contributed by atoms with E-state index in [2.05, 4.69) is 10.6 Å². The summed E-state index contributed by atoms with van der Waals surface area (Å²) < 4.78 is 13.6. The van der Waals surface area contributed by atoms with Crippen molar-refractivity contribution in [1.82, 2.24) is 20.4 Å². The van der Waals surface area contributed by atoms with Crippen molar-refractivity contribution < 1.29 is 18.8 Å². The Morgan fingerprint density at radius 3 is 2.57 bits per heavy atom. The molecule has 0 bridgehead atoms. The average Bonchev–Trinajstić information content (AvgIpc) is 2.74. The fourth-order valence-corrected chi connectivity index (χ4v) is 3.60. The predicted octanol–water partition coefficient (Wildman–Crippen LogP) is 2.57. The van der Waals surface area contributed by atoms with Crippen molar-refractivity contribution in [2.24, 2.45) is 0 Å². The molecule has 1 fully saturated rings. The zero-order valence-electron chi connectivity index (χ0n) is 17.5.